The van der Waals surface area contributed by atoms with Crippen molar-refractivity contribution in [3.63, 3.8) is 0 Å². The van der Waals surface area contributed by atoms with Gasteiger partial charge in [0.15, 0.2) is 0 Å². The molecule has 3 aromatic heterocycles. The smallest absolute Gasteiger partial charge is 0.269 e. The summed E-state index contributed by atoms with van der Waals surface area (Å²) < 4.78 is 1.69. The van der Waals surface area contributed by atoms with Crippen LogP contribution in [0.1, 0.15) is 27.3 Å². The second-order valence-electron chi connectivity index (χ2n) is 4.93. The number of aryl methyl sites for hydroxylation is 1. The molecule has 0 radical (unpaired) electrons. The van der Waals surface area contributed by atoms with Crippen molar-refractivity contribution < 1.29 is 4.79 Å². The molecule has 0 saturated carbocycles. The highest BCUT2D eigenvalue weighted by Gasteiger charge is 2.09. The first-order valence-electron chi connectivity index (χ1n) is 7.44. The summed E-state index contributed by atoms with van der Waals surface area (Å²) in [4.78, 5) is 21.9. The lowest BCUT2D eigenvalue weighted by molar-refractivity contribution is 0.0949. The van der Waals surface area contributed by atoms with Crippen LogP contribution in [0.15, 0.2) is 43.0 Å². The average Bonchev–Trinajstić information content (AvgIpc) is 3.26. The molecule has 1 N–H and O–H groups in total. The number of rotatable bonds is 6. The molecule has 0 atom stereocenters. The standard InChI is InChI=1S/C16H17N5OS/c1-2-13-11-19-15(23-13)5-8-18-16(22)14-10-12(4-7-17-14)21-9-3-6-20-21/h3-4,6-7,9-11H,2,5,8H2,1H3,(H,18,22). The predicted octanol–water partition coefficient (Wildman–Crippen LogP) is 2.26. The Morgan fingerprint density at radius 1 is 1.35 bits per heavy atom. The summed E-state index contributed by atoms with van der Waals surface area (Å²) in [6.45, 7) is 2.65. The Morgan fingerprint density at radius 3 is 3.00 bits per heavy atom. The molecule has 3 heterocycles. The van der Waals surface area contributed by atoms with Crippen molar-refractivity contribution in [3.05, 3.63) is 58.6 Å². The van der Waals surface area contributed by atoms with E-state index in [1.54, 1.807) is 34.5 Å². The molecule has 23 heavy (non-hydrogen) atoms. The van der Waals surface area contributed by atoms with Crippen molar-refractivity contribution in [2.45, 2.75) is 19.8 Å². The van der Waals surface area contributed by atoms with Crippen LogP contribution in [0.3, 0.4) is 0 Å². The van der Waals surface area contributed by atoms with E-state index in [-0.39, 0.29) is 5.91 Å². The van der Waals surface area contributed by atoms with E-state index in [4.69, 9.17) is 0 Å². The minimum Gasteiger partial charge on any atom is -0.350 e. The quantitative estimate of drug-likeness (QED) is 0.754. The van der Waals surface area contributed by atoms with Crippen molar-refractivity contribution in [1.29, 1.82) is 0 Å². The molecule has 0 fully saturated rings. The van der Waals surface area contributed by atoms with E-state index in [1.165, 1.54) is 4.88 Å². The Hall–Kier alpha value is -2.54. The van der Waals surface area contributed by atoms with Gasteiger partial charge in [0.2, 0.25) is 0 Å². The molecule has 1 amide bonds. The van der Waals surface area contributed by atoms with Crippen LogP contribution in [-0.2, 0) is 12.8 Å². The second kappa shape index (κ2) is 7.15. The molecule has 0 saturated heterocycles. The molecule has 0 aliphatic heterocycles. The molecule has 0 aliphatic carbocycles. The summed E-state index contributed by atoms with van der Waals surface area (Å²) in [6.07, 6.45) is 8.75. The fraction of sp³-hybridized carbons (Fsp3) is 0.250. The van der Waals surface area contributed by atoms with Crippen molar-refractivity contribution in [3.8, 4) is 5.69 Å². The van der Waals surface area contributed by atoms with Gasteiger partial charge in [-0.3, -0.25) is 9.78 Å². The van der Waals surface area contributed by atoms with Crippen LogP contribution in [0, 0.1) is 0 Å². The molecule has 3 aromatic rings. The van der Waals surface area contributed by atoms with Gasteiger partial charge >= 0.3 is 0 Å². The number of amides is 1. The normalized spacial score (nSPS) is 10.7. The van der Waals surface area contributed by atoms with E-state index in [0.29, 0.717) is 12.2 Å². The fourth-order valence-corrected chi connectivity index (χ4v) is 2.97. The molecule has 0 spiro atoms. The van der Waals surface area contributed by atoms with Gasteiger partial charge in [0.05, 0.1) is 10.7 Å². The molecule has 0 aromatic carbocycles. The third-order valence-corrected chi connectivity index (χ3v) is 4.52. The maximum Gasteiger partial charge on any atom is 0.269 e. The van der Waals surface area contributed by atoms with E-state index in [0.717, 1.165) is 23.5 Å². The zero-order chi connectivity index (χ0) is 16.1. The molecule has 3 rings (SSSR count). The second-order valence-corrected chi connectivity index (χ2v) is 6.13. The van der Waals surface area contributed by atoms with Crippen LogP contribution >= 0.6 is 11.3 Å². The molecule has 0 unspecified atom stereocenters. The van der Waals surface area contributed by atoms with Crippen LogP contribution in [0.4, 0.5) is 0 Å². The monoisotopic (exact) mass is 327 g/mol. The number of aromatic nitrogens is 4. The number of pyridine rings is 1. The zero-order valence-corrected chi connectivity index (χ0v) is 13.6. The van der Waals surface area contributed by atoms with Gasteiger partial charge in [-0.15, -0.1) is 11.3 Å². The summed E-state index contributed by atoms with van der Waals surface area (Å²) >= 11 is 1.69. The summed E-state index contributed by atoms with van der Waals surface area (Å²) in [5.74, 6) is -0.189. The van der Waals surface area contributed by atoms with E-state index in [9.17, 15) is 4.79 Å². The molecule has 0 bridgehead atoms. The number of carbonyl (C=O) groups excluding carboxylic acids is 1. The predicted molar refractivity (Wildman–Crippen MR) is 88.9 cm³/mol. The summed E-state index contributed by atoms with van der Waals surface area (Å²) in [5, 5.41) is 8.07. The van der Waals surface area contributed by atoms with Crippen molar-refractivity contribution in [2.24, 2.45) is 0 Å². The first kappa shape index (κ1) is 15.4. The number of thiazole rings is 1. The number of nitrogens with zero attached hydrogens (tertiary/aromatic N) is 4. The number of hydrogen-bond acceptors (Lipinski definition) is 5. The Balaban J connectivity index is 1.59. The Kier molecular flexibility index (Phi) is 4.77. The van der Waals surface area contributed by atoms with Crippen molar-refractivity contribution in [1.82, 2.24) is 25.1 Å². The Labute approximate surface area is 138 Å². The number of hydrogen-bond donors (Lipinski definition) is 1. The topological polar surface area (TPSA) is 72.7 Å². The maximum absolute atomic E-state index is 12.2. The van der Waals surface area contributed by atoms with E-state index >= 15 is 0 Å². The van der Waals surface area contributed by atoms with Crippen LogP contribution in [0.2, 0.25) is 0 Å². The lowest BCUT2D eigenvalue weighted by atomic mass is 10.3. The van der Waals surface area contributed by atoms with Gasteiger partial charge in [0.25, 0.3) is 5.91 Å². The average molecular weight is 327 g/mol. The van der Waals surface area contributed by atoms with Crippen molar-refractivity contribution >= 4 is 17.2 Å². The van der Waals surface area contributed by atoms with Crippen LogP contribution in [-0.4, -0.2) is 32.2 Å². The van der Waals surface area contributed by atoms with Gasteiger partial charge in [-0.2, -0.15) is 5.10 Å². The minimum absolute atomic E-state index is 0.189. The fourth-order valence-electron chi connectivity index (χ4n) is 2.11. The van der Waals surface area contributed by atoms with E-state index in [1.807, 2.05) is 24.5 Å². The van der Waals surface area contributed by atoms with Crippen LogP contribution in [0.25, 0.3) is 5.69 Å². The molecule has 0 aliphatic rings. The molecule has 118 valence electrons. The highest BCUT2D eigenvalue weighted by atomic mass is 32.1. The van der Waals surface area contributed by atoms with Gasteiger partial charge in [-0.25, -0.2) is 9.67 Å². The third-order valence-electron chi connectivity index (χ3n) is 3.32. The van der Waals surface area contributed by atoms with Gasteiger partial charge in [-0.05, 0) is 24.6 Å². The van der Waals surface area contributed by atoms with Crippen LogP contribution in [0.5, 0.6) is 0 Å². The molecule has 6 nitrogen and oxygen atoms in total. The lowest BCUT2D eigenvalue weighted by Crippen LogP contribution is -2.26. The highest BCUT2D eigenvalue weighted by Crippen LogP contribution is 2.13. The first-order valence-corrected chi connectivity index (χ1v) is 8.25. The SMILES string of the molecule is CCc1cnc(CCNC(=O)c2cc(-n3cccn3)ccn2)s1. The molecular formula is C16H17N5OS. The first-order chi connectivity index (χ1) is 11.3. The third kappa shape index (κ3) is 3.81. The number of carbonyl (C=O) groups is 1. The van der Waals surface area contributed by atoms with E-state index < -0.39 is 0 Å². The maximum atomic E-state index is 12.2. The lowest BCUT2D eigenvalue weighted by Gasteiger charge is -2.05. The highest BCUT2D eigenvalue weighted by molar-refractivity contribution is 7.11. The van der Waals surface area contributed by atoms with Gasteiger partial charge in [-0.1, -0.05) is 6.92 Å². The minimum atomic E-state index is -0.189. The van der Waals surface area contributed by atoms with Gasteiger partial charge in [0.1, 0.15) is 5.69 Å². The Bertz CT molecular complexity index is 781. The molecule has 7 heteroatoms. The van der Waals surface area contributed by atoms with Gasteiger partial charge in [0, 0.05) is 42.6 Å². The van der Waals surface area contributed by atoms with E-state index in [2.05, 4.69) is 27.3 Å². The zero-order valence-electron chi connectivity index (χ0n) is 12.8. The summed E-state index contributed by atoms with van der Waals surface area (Å²) in [7, 11) is 0. The summed E-state index contributed by atoms with van der Waals surface area (Å²) in [5.41, 5.74) is 1.19. The van der Waals surface area contributed by atoms with Gasteiger partial charge < -0.3 is 5.32 Å². The Morgan fingerprint density at radius 2 is 2.26 bits per heavy atom. The molecular weight excluding hydrogens is 310 g/mol. The van der Waals surface area contributed by atoms with Crippen molar-refractivity contribution in [2.75, 3.05) is 6.54 Å². The number of nitrogens with one attached hydrogen (secondary N) is 1. The largest absolute Gasteiger partial charge is 0.350 e. The summed E-state index contributed by atoms with van der Waals surface area (Å²) in [6, 6.07) is 5.37. The van der Waals surface area contributed by atoms with Crippen LogP contribution < -0.4 is 5.32 Å².